The van der Waals surface area contributed by atoms with Crippen LogP contribution in [0.2, 0.25) is 5.02 Å². The zero-order valence-electron chi connectivity index (χ0n) is 12.8. The molecule has 0 bridgehead atoms. The fourth-order valence-corrected chi connectivity index (χ4v) is 3.63. The fourth-order valence-electron chi connectivity index (χ4n) is 2.28. The molecule has 2 aromatic carbocycles. The van der Waals surface area contributed by atoms with Gasteiger partial charge in [0.2, 0.25) is 0 Å². The lowest BCUT2D eigenvalue weighted by Crippen LogP contribution is -2.30. The topological polar surface area (TPSA) is 12.0 Å². The first kappa shape index (κ1) is 16.4. The van der Waals surface area contributed by atoms with Gasteiger partial charge >= 0.3 is 0 Å². The van der Waals surface area contributed by atoms with Crippen LogP contribution in [0.3, 0.4) is 0 Å². The van der Waals surface area contributed by atoms with Gasteiger partial charge in [-0.1, -0.05) is 47.5 Å². The van der Waals surface area contributed by atoms with Crippen molar-refractivity contribution in [3.8, 4) is 0 Å². The Bertz CT molecular complexity index is 598. The van der Waals surface area contributed by atoms with E-state index in [4.69, 9.17) is 11.6 Å². The van der Waals surface area contributed by atoms with E-state index in [1.165, 1.54) is 16.7 Å². The third-order valence-corrected chi connectivity index (χ3v) is 5.33. The van der Waals surface area contributed by atoms with Crippen LogP contribution in [-0.4, -0.2) is 18.8 Å². The summed E-state index contributed by atoms with van der Waals surface area (Å²) >= 11 is 8.03. The Morgan fingerprint density at radius 1 is 1.14 bits per heavy atom. The lowest BCUT2D eigenvalue weighted by molar-refractivity contribution is 0.615. The first-order valence-electron chi connectivity index (χ1n) is 7.21. The van der Waals surface area contributed by atoms with Gasteiger partial charge in [-0.05, 0) is 50.6 Å². The van der Waals surface area contributed by atoms with Crippen molar-refractivity contribution in [2.45, 2.75) is 31.2 Å². The summed E-state index contributed by atoms with van der Waals surface area (Å²) in [6.07, 6.45) is 1.04. The molecule has 1 nitrogen and oxygen atoms in total. The highest BCUT2D eigenvalue weighted by Gasteiger charge is 2.11. The molecule has 3 heteroatoms. The van der Waals surface area contributed by atoms with Gasteiger partial charge in [-0.15, -0.1) is 11.8 Å². The predicted molar refractivity (Wildman–Crippen MR) is 94.6 cm³/mol. The third kappa shape index (κ3) is 4.77. The summed E-state index contributed by atoms with van der Waals surface area (Å²) in [5.41, 5.74) is 4.11. The second-order valence-corrected chi connectivity index (χ2v) is 6.83. The molecule has 1 N–H and O–H groups in total. The number of benzene rings is 2. The van der Waals surface area contributed by atoms with Crippen LogP contribution in [0.1, 0.15) is 16.7 Å². The zero-order chi connectivity index (χ0) is 15.2. The van der Waals surface area contributed by atoms with Gasteiger partial charge in [0.1, 0.15) is 0 Å². The average molecular weight is 320 g/mol. The standard InChI is InChI=1S/C18H22ClNS/c1-13-8-9-14(2)15(10-13)11-16(20-3)12-21-18-7-5-4-6-17(18)19/h4-10,16,20H,11-12H2,1-3H3. The van der Waals surface area contributed by atoms with Crippen LogP contribution in [0.4, 0.5) is 0 Å². The van der Waals surface area contributed by atoms with Crippen molar-refractivity contribution >= 4 is 23.4 Å². The van der Waals surface area contributed by atoms with Gasteiger partial charge < -0.3 is 5.32 Å². The molecule has 0 heterocycles. The van der Waals surface area contributed by atoms with Crippen molar-refractivity contribution in [3.05, 3.63) is 64.2 Å². The van der Waals surface area contributed by atoms with Crippen molar-refractivity contribution in [1.82, 2.24) is 5.32 Å². The number of thioether (sulfide) groups is 1. The number of halogens is 1. The zero-order valence-corrected chi connectivity index (χ0v) is 14.4. The maximum Gasteiger partial charge on any atom is 0.0541 e. The summed E-state index contributed by atoms with van der Waals surface area (Å²) in [6, 6.07) is 15.1. The molecule has 0 aliphatic rings. The normalized spacial score (nSPS) is 12.4. The van der Waals surface area contributed by atoms with Gasteiger partial charge in [0.15, 0.2) is 0 Å². The quantitative estimate of drug-likeness (QED) is 0.762. The molecular weight excluding hydrogens is 298 g/mol. The van der Waals surface area contributed by atoms with Crippen LogP contribution >= 0.6 is 23.4 Å². The van der Waals surface area contributed by atoms with E-state index in [2.05, 4.69) is 43.4 Å². The van der Waals surface area contributed by atoms with Crippen LogP contribution < -0.4 is 5.32 Å². The van der Waals surface area contributed by atoms with Crippen molar-refractivity contribution in [2.75, 3.05) is 12.8 Å². The van der Waals surface area contributed by atoms with Gasteiger partial charge in [0.25, 0.3) is 0 Å². The van der Waals surface area contributed by atoms with E-state index in [-0.39, 0.29) is 0 Å². The SMILES string of the molecule is CNC(CSc1ccccc1Cl)Cc1cc(C)ccc1C. The van der Waals surface area contributed by atoms with Crippen LogP contribution in [-0.2, 0) is 6.42 Å². The molecule has 112 valence electrons. The monoisotopic (exact) mass is 319 g/mol. The Morgan fingerprint density at radius 3 is 2.62 bits per heavy atom. The van der Waals surface area contributed by atoms with Crippen LogP contribution in [0, 0.1) is 13.8 Å². The summed E-state index contributed by atoms with van der Waals surface area (Å²) < 4.78 is 0. The average Bonchev–Trinajstić information content (AvgIpc) is 2.48. The molecule has 0 aromatic heterocycles. The van der Waals surface area contributed by atoms with Gasteiger partial charge in [-0.2, -0.15) is 0 Å². The van der Waals surface area contributed by atoms with Crippen LogP contribution in [0.5, 0.6) is 0 Å². The van der Waals surface area contributed by atoms with Gasteiger partial charge in [0.05, 0.1) is 5.02 Å². The second kappa shape index (κ2) is 7.88. The summed E-state index contributed by atoms with van der Waals surface area (Å²) in [5.74, 6) is 1.01. The van der Waals surface area contributed by atoms with Crippen LogP contribution in [0.15, 0.2) is 47.4 Å². The lowest BCUT2D eigenvalue weighted by atomic mass is 10.00. The molecular formula is C18H22ClNS. The Kier molecular flexibility index (Phi) is 6.16. The number of hydrogen-bond acceptors (Lipinski definition) is 2. The van der Waals surface area contributed by atoms with E-state index < -0.39 is 0 Å². The maximum atomic E-state index is 6.22. The Labute approximate surface area is 137 Å². The smallest absolute Gasteiger partial charge is 0.0541 e. The number of likely N-dealkylation sites (N-methyl/N-ethyl adjacent to an activating group) is 1. The number of hydrogen-bond donors (Lipinski definition) is 1. The summed E-state index contributed by atoms with van der Waals surface area (Å²) in [5, 5.41) is 4.26. The van der Waals surface area contributed by atoms with Crippen molar-refractivity contribution in [3.63, 3.8) is 0 Å². The molecule has 0 saturated carbocycles. The molecule has 2 rings (SSSR count). The highest BCUT2D eigenvalue weighted by atomic mass is 35.5. The summed E-state index contributed by atoms with van der Waals surface area (Å²) in [4.78, 5) is 1.15. The number of aryl methyl sites for hydroxylation is 2. The minimum absolute atomic E-state index is 0.437. The van der Waals surface area contributed by atoms with E-state index in [0.717, 1.165) is 22.1 Å². The second-order valence-electron chi connectivity index (χ2n) is 5.36. The maximum absolute atomic E-state index is 6.22. The molecule has 0 spiro atoms. The highest BCUT2D eigenvalue weighted by Crippen LogP contribution is 2.27. The predicted octanol–water partition coefficient (Wildman–Crippen LogP) is 4.88. The molecule has 0 radical (unpaired) electrons. The molecule has 1 atom stereocenters. The van der Waals surface area contributed by atoms with Crippen molar-refractivity contribution < 1.29 is 0 Å². The van der Waals surface area contributed by atoms with E-state index in [1.807, 2.05) is 37.0 Å². The fraction of sp³-hybridized carbons (Fsp3) is 0.333. The molecule has 0 saturated heterocycles. The minimum atomic E-state index is 0.437. The lowest BCUT2D eigenvalue weighted by Gasteiger charge is -2.18. The molecule has 0 aliphatic carbocycles. The van der Waals surface area contributed by atoms with Crippen molar-refractivity contribution in [1.29, 1.82) is 0 Å². The first-order chi connectivity index (χ1) is 10.1. The van der Waals surface area contributed by atoms with Crippen LogP contribution in [0.25, 0.3) is 0 Å². The molecule has 21 heavy (non-hydrogen) atoms. The number of rotatable bonds is 6. The molecule has 0 amide bonds. The molecule has 1 unspecified atom stereocenters. The molecule has 2 aromatic rings. The Hall–Kier alpha value is -0.960. The Morgan fingerprint density at radius 2 is 1.90 bits per heavy atom. The third-order valence-electron chi connectivity index (χ3n) is 3.66. The molecule has 0 fully saturated rings. The van der Waals surface area contributed by atoms with Gasteiger partial charge in [-0.3, -0.25) is 0 Å². The minimum Gasteiger partial charge on any atom is -0.316 e. The molecule has 0 aliphatic heterocycles. The van der Waals surface area contributed by atoms with E-state index in [9.17, 15) is 0 Å². The van der Waals surface area contributed by atoms with E-state index in [1.54, 1.807) is 0 Å². The summed E-state index contributed by atoms with van der Waals surface area (Å²) in [6.45, 7) is 4.33. The number of nitrogens with one attached hydrogen (secondary N) is 1. The van der Waals surface area contributed by atoms with Gasteiger partial charge in [0, 0.05) is 16.7 Å². The summed E-state index contributed by atoms with van der Waals surface area (Å²) in [7, 11) is 2.03. The van der Waals surface area contributed by atoms with Gasteiger partial charge in [-0.25, -0.2) is 0 Å². The van der Waals surface area contributed by atoms with E-state index in [0.29, 0.717) is 6.04 Å². The largest absolute Gasteiger partial charge is 0.316 e. The Balaban J connectivity index is 2.00. The van der Waals surface area contributed by atoms with Crippen molar-refractivity contribution in [2.24, 2.45) is 0 Å². The van der Waals surface area contributed by atoms with E-state index >= 15 is 0 Å². The first-order valence-corrected chi connectivity index (χ1v) is 8.57. The highest BCUT2D eigenvalue weighted by molar-refractivity contribution is 7.99.